The van der Waals surface area contributed by atoms with Gasteiger partial charge in [0.2, 0.25) is 0 Å². The Kier molecular flexibility index (Phi) is 4.90. The molecule has 13 heavy (non-hydrogen) atoms. The maximum Gasteiger partial charge on any atom is 0.307 e. The summed E-state index contributed by atoms with van der Waals surface area (Å²) in [4.78, 5) is 10.4. The summed E-state index contributed by atoms with van der Waals surface area (Å²) in [6, 6.07) is 0. The smallest absolute Gasteiger partial charge is 0.307 e. The molecule has 1 unspecified atom stereocenters. The summed E-state index contributed by atoms with van der Waals surface area (Å²) in [5, 5.41) is 29.1. The SMILES string of the molecule is CC(CNC(C)(CO)CO)C(=O)O. The van der Waals surface area contributed by atoms with Gasteiger partial charge in [-0.15, -0.1) is 0 Å². The molecule has 0 aromatic carbocycles. The highest BCUT2D eigenvalue weighted by Crippen LogP contribution is 2.02. The Morgan fingerprint density at radius 2 is 1.92 bits per heavy atom. The normalized spacial score (nSPS) is 14.2. The van der Waals surface area contributed by atoms with E-state index >= 15 is 0 Å². The summed E-state index contributed by atoms with van der Waals surface area (Å²) in [5.74, 6) is -1.43. The molecule has 0 spiro atoms. The number of hydrogen-bond donors (Lipinski definition) is 4. The van der Waals surface area contributed by atoms with E-state index in [1.807, 2.05) is 0 Å². The molecule has 5 nitrogen and oxygen atoms in total. The van der Waals surface area contributed by atoms with E-state index in [0.717, 1.165) is 0 Å². The summed E-state index contributed by atoms with van der Waals surface area (Å²) < 4.78 is 0. The van der Waals surface area contributed by atoms with Crippen LogP contribution in [0.3, 0.4) is 0 Å². The molecule has 0 saturated carbocycles. The van der Waals surface area contributed by atoms with Gasteiger partial charge >= 0.3 is 5.97 Å². The molecule has 0 heterocycles. The predicted molar refractivity (Wildman–Crippen MR) is 47.4 cm³/mol. The van der Waals surface area contributed by atoms with Gasteiger partial charge in [-0.1, -0.05) is 6.92 Å². The molecule has 0 aromatic heterocycles. The lowest BCUT2D eigenvalue weighted by molar-refractivity contribution is -0.141. The molecular weight excluding hydrogens is 174 g/mol. The molecule has 78 valence electrons. The van der Waals surface area contributed by atoms with E-state index in [1.165, 1.54) is 0 Å². The second kappa shape index (κ2) is 5.16. The van der Waals surface area contributed by atoms with Gasteiger partial charge in [-0.2, -0.15) is 0 Å². The van der Waals surface area contributed by atoms with Crippen molar-refractivity contribution in [3.63, 3.8) is 0 Å². The van der Waals surface area contributed by atoms with Crippen LogP contribution in [0.4, 0.5) is 0 Å². The number of carboxylic acid groups (broad SMARTS) is 1. The van der Waals surface area contributed by atoms with E-state index in [2.05, 4.69) is 5.32 Å². The van der Waals surface area contributed by atoms with Gasteiger partial charge in [0.1, 0.15) is 0 Å². The molecule has 0 fully saturated rings. The lowest BCUT2D eigenvalue weighted by Crippen LogP contribution is -2.51. The number of aliphatic hydroxyl groups excluding tert-OH is 2. The minimum atomic E-state index is -0.897. The van der Waals surface area contributed by atoms with Crippen molar-refractivity contribution in [2.45, 2.75) is 19.4 Å². The number of carbonyl (C=O) groups is 1. The second-order valence-corrected chi connectivity index (χ2v) is 3.50. The average molecular weight is 191 g/mol. The molecule has 0 aliphatic carbocycles. The first-order chi connectivity index (χ1) is 5.95. The average Bonchev–Trinajstić information content (AvgIpc) is 2.13. The van der Waals surface area contributed by atoms with Crippen molar-refractivity contribution in [2.24, 2.45) is 5.92 Å². The fourth-order valence-electron chi connectivity index (χ4n) is 0.649. The van der Waals surface area contributed by atoms with Crippen LogP contribution in [-0.2, 0) is 4.79 Å². The minimum Gasteiger partial charge on any atom is -0.481 e. The summed E-state index contributed by atoms with van der Waals surface area (Å²) in [6.45, 7) is 2.96. The Labute approximate surface area is 77.4 Å². The first-order valence-electron chi connectivity index (χ1n) is 4.15. The Morgan fingerprint density at radius 3 is 2.23 bits per heavy atom. The fourth-order valence-corrected chi connectivity index (χ4v) is 0.649. The number of rotatable bonds is 6. The van der Waals surface area contributed by atoms with Crippen molar-refractivity contribution >= 4 is 5.97 Å². The topological polar surface area (TPSA) is 89.8 Å². The third-order valence-electron chi connectivity index (χ3n) is 1.95. The van der Waals surface area contributed by atoms with E-state index in [9.17, 15) is 4.79 Å². The molecule has 0 bridgehead atoms. The van der Waals surface area contributed by atoms with Crippen LogP contribution in [0.25, 0.3) is 0 Å². The molecule has 0 rings (SSSR count). The van der Waals surface area contributed by atoms with Crippen LogP contribution in [-0.4, -0.2) is 46.6 Å². The van der Waals surface area contributed by atoms with Crippen molar-refractivity contribution in [2.75, 3.05) is 19.8 Å². The third kappa shape index (κ3) is 4.21. The maximum atomic E-state index is 10.4. The molecular formula is C8H17NO4. The zero-order chi connectivity index (χ0) is 10.5. The van der Waals surface area contributed by atoms with E-state index in [0.29, 0.717) is 0 Å². The molecule has 0 aliphatic heterocycles. The summed E-state index contributed by atoms with van der Waals surface area (Å²) in [5.41, 5.74) is -0.802. The van der Waals surface area contributed by atoms with Crippen molar-refractivity contribution < 1.29 is 20.1 Å². The Balaban J connectivity index is 3.92. The largest absolute Gasteiger partial charge is 0.481 e. The zero-order valence-corrected chi connectivity index (χ0v) is 7.95. The van der Waals surface area contributed by atoms with Gasteiger partial charge in [0, 0.05) is 6.54 Å². The quantitative estimate of drug-likeness (QED) is 0.434. The predicted octanol–water partition coefficient (Wildman–Crippen LogP) is -0.960. The highest BCUT2D eigenvalue weighted by atomic mass is 16.4. The molecule has 1 atom stereocenters. The standard InChI is InChI=1S/C8H17NO4/c1-6(7(12)13)3-9-8(2,4-10)5-11/h6,9-11H,3-5H2,1-2H3,(H,12,13). The minimum absolute atomic E-state index is 0.226. The van der Waals surface area contributed by atoms with Gasteiger partial charge in [0.15, 0.2) is 0 Å². The fraction of sp³-hybridized carbons (Fsp3) is 0.875. The molecule has 0 aromatic rings. The summed E-state index contributed by atoms with van der Waals surface area (Å²) in [6.07, 6.45) is 0. The van der Waals surface area contributed by atoms with Crippen LogP contribution < -0.4 is 5.32 Å². The van der Waals surface area contributed by atoms with Crippen LogP contribution in [0.5, 0.6) is 0 Å². The number of aliphatic hydroxyl groups is 2. The van der Waals surface area contributed by atoms with E-state index in [-0.39, 0.29) is 19.8 Å². The Hall–Kier alpha value is -0.650. The summed E-state index contributed by atoms with van der Waals surface area (Å²) >= 11 is 0. The van der Waals surface area contributed by atoms with Crippen LogP contribution in [0.1, 0.15) is 13.8 Å². The summed E-state index contributed by atoms with van der Waals surface area (Å²) in [7, 11) is 0. The van der Waals surface area contributed by atoms with Crippen molar-refractivity contribution in [3.05, 3.63) is 0 Å². The van der Waals surface area contributed by atoms with Gasteiger partial charge in [-0.3, -0.25) is 4.79 Å². The molecule has 0 radical (unpaired) electrons. The van der Waals surface area contributed by atoms with Gasteiger partial charge < -0.3 is 20.6 Å². The monoisotopic (exact) mass is 191 g/mol. The third-order valence-corrected chi connectivity index (χ3v) is 1.95. The second-order valence-electron chi connectivity index (χ2n) is 3.50. The van der Waals surface area contributed by atoms with E-state index < -0.39 is 17.4 Å². The van der Waals surface area contributed by atoms with Gasteiger partial charge in [0.05, 0.1) is 24.7 Å². The maximum absolute atomic E-state index is 10.4. The van der Waals surface area contributed by atoms with Crippen molar-refractivity contribution in [1.29, 1.82) is 0 Å². The van der Waals surface area contributed by atoms with Gasteiger partial charge in [0.25, 0.3) is 0 Å². The van der Waals surface area contributed by atoms with Gasteiger partial charge in [-0.05, 0) is 6.92 Å². The van der Waals surface area contributed by atoms with Crippen molar-refractivity contribution in [1.82, 2.24) is 5.32 Å². The number of carboxylic acids is 1. The van der Waals surface area contributed by atoms with Crippen molar-refractivity contribution in [3.8, 4) is 0 Å². The molecule has 0 amide bonds. The van der Waals surface area contributed by atoms with Crippen LogP contribution in [0, 0.1) is 5.92 Å². The molecule has 0 aliphatic rings. The number of hydrogen-bond acceptors (Lipinski definition) is 4. The first kappa shape index (κ1) is 12.3. The van der Waals surface area contributed by atoms with E-state index in [4.69, 9.17) is 15.3 Å². The number of aliphatic carboxylic acids is 1. The number of nitrogens with one attached hydrogen (secondary N) is 1. The zero-order valence-electron chi connectivity index (χ0n) is 7.95. The Morgan fingerprint density at radius 1 is 1.46 bits per heavy atom. The van der Waals surface area contributed by atoms with E-state index in [1.54, 1.807) is 13.8 Å². The highest BCUT2D eigenvalue weighted by molar-refractivity contribution is 5.69. The molecule has 5 heteroatoms. The van der Waals surface area contributed by atoms with Crippen LogP contribution >= 0.6 is 0 Å². The lowest BCUT2D eigenvalue weighted by Gasteiger charge is -2.27. The van der Waals surface area contributed by atoms with Gasteiger partial charge in [-0.25, -0.2) is 0 Å². The van der Waals surface area contributed by atoms with Crippen LogP contribution in [0.2, 0.25) is 0 Å². The highest BCUT2D eigenvalue weighted by Gasteiger charge is 2.23. The Bertz CT molecular complexity index is 168. The lowest BCUT2D eigenvalue weighted by atomic mass is 10.0. The molecule has 0 saturated heterocycles. The molecule has 4 N–H and O–H groups in total. The first-order valence-corrected chi connectivity index (χ1v) is 4.15. The van der Waals surface area contributed by atoms with Crippen LogP contribution in [0.15, 0.2) is 0 Å².